The normalized spacial score (nSPS) is 19.4. The number of halogens is 1. The fraction of sp³-hybridized carbons (Fsp3) is 0.538. The van der Waals surface area contributed by atoms with Gasteiger partial charge in [0, 0.05) is 22.3 Å². The van der Waals surface area contributed by atoms with Crippen LogP contribution in [0.25, 0.3) is 0 Å². The number of rotatable bonds is 4. The zero-order chi connectivity index (χ0) is 12.5. The molecule has 1 heterocycles. The van der Waals surface area contributed by atoms with Crippen molar-refractivity contribution in [3.05, 3.63) is 28.5 Å². The van der Waals surface area contributed by atoms with Crippen LogP contribution in [0.15, 0.2) is 22.8 Å². The molecule has 0 spiro atoms. The third kappa shape index (κ3) is 2.10. The molecule has 1 amide bonds. The van der Waals surface area contributed by atoms with Gasteiger partial charge in [0.1, 0.15) is 0 Å². The zero-order valence-electron chi connectivity index (χ0n) is 9.95. The number of aromatic nitrogens is 1. The summed E-state index contributed by atoms with van der Waals surface area (Å²) in [5.74, 6) is -0.0119. The van der Waals surface area contributed by atoms with E-state index in [1.165, 1.54) is 0 Å². The zero-order valence-corrected chi connectivity index (χ0v) is 11.5. The summed E-state index contributed by atoms with van der Waals surface area (Å²) < 4.78 is 0.956. The summed E-state index contributed by atoms with van der Waals surface area (Å²) in [5.41, 5.74) is 6.23. The maximum Gasteiger partial charge on any atom is 0.224 e. The second-order valence-electron chi connectivity index (χ2n) is 4.74. The Morgan fingerprint density at radius 2 is 2.29 bits per heavy atom. The van der Waals surface area contributed by atoms with Crippen molar-refractivity contribution in [2.45, 2.75) is 38.5 Å². The molecule has 1 unspecified atom stereocenters. The van der Waals surface area contributed by atoms with Crippen molar-refractivity contribution in [1.82, 2.24) is 4.98 Å². The largest absolute Gasteiger partial charge is 0.369 e. The Labute approximate surface area is 110 Å². The van der Waals surface area contributed by atoms with Gasteiger partial charge in [0.05, 0.1) is 5.41 Å². The maximum absolute atomic E-state index is 11.7. The Morgan fingerprint density at radius 1 is 1.59 bits per heavy atom. The number of hydrogen-bond acceptors (Lipinski definition) is 2. The summed E-state index contributed by atoms with van der Waals surface area (Å²) in [6.07, 6.45) is 5.58. The van der Waals surface area contributed by atoms with Crippen LogP contribution in [0.5, 0.6) is 0 Å². The lowest BCUT2D eigenvalue weighted by Gasteiger charge is -2.44. The summed E-state index contributed by atoms with van der Waals surface area (Å²) in [6, 6.07) is 3.96. The van der Waals surface area contributed by atoms with Crippen LogP contribution in [0.2, 0.25) is 0 Å². The van der Waals surface area contributed by atoms with E-state index in [1.807, 2.05) is 12.1 Å². The van der Waals surface area contributed by atoms with E-state index in [0.717, 1.165) is 35.8 Å². The molecule has 92 valence electrons. The van der Waals surface area contributed by atoms with E-state index in [2.05, 4.69) is 27.8 Å². The molecule has 1 saturated carbocycles. The molecule has 0 aliphatic heterocycles. The summed E-state index contributed by atoms with van der Waals surface area (Å²) in [7, 11) is 0. The number of nitrogens with zero attached hydrogens (tertiary/aromatic N) is 1. The Balaban J connectivity index is 2.32. The first-order valence-corrected chi connectivity index (χ1v) is 6.81. The molecule has 2 rings (SSSR count). The monoisotopic (exact) mass is 296 g/mol. The van der Waals surface area contributed by atoms with Crippen LogP contribution in [0.1, 0.15) is 44.2 Å². The second-order valence-corrected chi connectivity index (χ2v) is 5.65. The summed E-state index contributed by atoms with van der Waals surface area (Å²) in [4.78, 5) is 16.2. The predicted molar refractivity (Wildman–Crippen MR) is 70.4 cm³/mol. The highest BCUT2D eigenvalue weighted by atomic mass is 79.9. The minimum Gasteiger partial charge on any atom is -0.369 e. The molecule has 1 aromatic rings. The van der Waals surface area contributed by atoms with E-state index < -0.39 is 0 Å². The Morgan fingerprint density at radius 3 is 2.65 bits per heavy atom. The van der Waals surface area contributed by atoms with Gasteiger partial charge in [0.15, 0.2) is 0 Å². The van der Waals surface area contributed by atoms with E-state index in [1.54, 1.807) is 6.20 Å². The molecule has 0 saturated heterocycles. The van der Waals surface area contributed by atoms with Gasteiger partial charge in [-0.05, 0) is 47.3 Å². The predicted octanol–water partition coefficient (Wildman–Crippen LogP) is 2.99. The molecular weight excluding hydrogens is 280 g/mol. The molecular formula is C13H17BrN2O. The van der Waals surface area contributed by atoms with Crippen molar-refractivity contribution in [3.63, 3.8) is 0 Å². The lowest BCUT2D eigenvalue weighted by molar-refractivity contribution is -0.134. The molecule has 0 bridgehead atoms. The van der Waals surface area contributed by atoms with Crippen LogP contribution in [-0.4, -0.2) is 10.9 Å². The van der Waals surface area contributed by atoms with Crippen molar-refractivity contribution in [3.8, 4) is 0 Å². The third-order valence-electron chi connectivity index (χ3n) is 3.92. The van der Waals surface area contributed by atoms with Gasteiger partial charge in [-0.15, -0.1) is 0 Å². The Kier molecular flexibility index (Phi) is 3.52. The van der Waals surface area contributed by atoms with Crippen molar-refractivity contribution in [2.24, 2.45) is 11.1 Å². The lowest BCUT2D eigenvalue weighted by atomic mass is 9.59. The standard InChI is InChI=1S/C13H17BrN2O/c1-2-10(11-5-4-9(14)8-16-11)13(12(15)17)6-3-7-13/h4-5,8,10H,2-3,6-7H2,1H3,(H2,15,17). The van der Waals surface area contributed by atoms with Gasteiger partial charge in [-0.1, -0.05) is 13.3 Å². The molecule has 0 radical (unpaired) electrons. The molecule has 1 fully saturated rings. The average molecular weight is 297 g/mol. The molecule has 1 aromatic heterocycles. The molecule has 2 N–H and O–H groups in total. The second kappa shape index (κ2) is 4.77. The third-order valence-corrected chi connectivity index (χ3v) is 4.39. The molecule has 0 aromatic carbocycles. The lowest BCUT2D eigenvalue weighted by Crippen LogP contribution is -2.47. The highest BCUT2D eigenvalue weighted by molar-refractivity contribution is 9.10. The SMILES string of the molecule is CCC(c1ccc(Br)cn1)C1(C(N)=O)CCC1. The van der Waals surface area contributed by atoms with Crippen LogP contribution in [0, 0.1) is 5.41 Å². The fourth-order valence-corrected chi connectivity index (χ4v) is 3.04. The number of hydrogen-bond donors (Lipinski definition) is 1. The molecule has 3 nitrogen and oxygen atoms in total. The van der Waals surface area contributed by atoms with Gasteiger partial charge in [0.2, 0.25) is 5.91 Å². The van der Waals surface area contributed by atoms with Crippen LogP contribution < -0.4 is 5.73 Å². The number of primary amides is 1. The minimum absolute atomic E-state index is 0.154. The van der Waals surface area contributed by atoms with Crippen LogP contribution in [-0.2, 0) is 4.79 Å². The van der Waals surface area contributed by atoms with E-state index in [9.17, 15) is 4.79 Å². The first-order chi connectivity index (χ1) is 8.10. The first kappa shape index (κ1) is 12.6. The van der Waals surface area contributed by atoms with Crippen molar-refractivity contribution in [1.29, 1.82) is 0 Å². The highest BCUT2D eigenvalue weighted by Gasteiger charge is 2.49. The van der Waals surface area contributed by atoms with Gasteiger partial charge >= 0.3 is 0 Å². The van der Waals surface area contributed by atoms with Gasteiger partial charge in [-0.3, -0.25) is 9.78 Å². The Bertz CT molecular complexity index is 412. The molecule has 1 atom stereocenters. The quantitative estimate of drug-likeness (QED) is 0.928. The number of carbonyl (C=O) groups excluding carboxylic acids is 1. The van der Waals surface area contributed by atoms with Crippen LogP contribution >= 0.6 is 15.9 Å². The fourth-order valence-electron chi connectivity index (χ4n) is 2.80. The topological polar surface area (TPSA) is 56.0 Å². The van der Waals surface area contributed by atoms with Gasteiger partial charge < -0.3 is 5.73 Å². The number of carbonyl (C=O) groups is 1. The van der Waals surface area contributed by atoms with Crippen LogP contribution in [0.4, 0.5) is 0 Å². The Hall–Kier alpha value is -0.900. The molecule has 1 aliphatic rings. The summed E-state index contributed by atoms with van der Waals surface area (Å²) in [6.45, 7) is 2.09. The van der Waals surface area contributed by atoms with Crippen LogP contribution in [0.3, 0.4) is 0 Å². The van der Waals surface area contributed by atoms with Gasteiger partial charge in [-0.25, -0.2) is 0 Å². The van der Waals surface area contributed by atoms with Gasteiger partial charge in [-0.2, -0.15) is 0 Å². The van der Waals surface area contributed by atoms with E-state index in [0.29, 0.717) is 0 Å². The number of amides is 1. The summed E-state index contributed by atoms with van der Waals surface area (Å²) >= 11 is 3.37. The van der Waals surface area contributed by atoms with Crippen molar-refractivity contribution >= 4 is 21.8 Å². The van der Waals surface area contributed by atoms with E-state index in [-0.39, 0.29) is 17.2 Å². The van der Waals surface area contributed by atoms with Crippen molar-refractivity contribution < 1.29 is 4.79 Å². The summed E-state index contributed by atoms with van der Waals surface area (Å²) in [5, 5.41) is 0. The van der Waals surface area contributed by atoms with Crippen molar-refractivity contribution in [2.75, 3.05) is 0 Å². The van der Waals surface area contributed by atoms with E-state index >= 15 is 0 Å². The average Bonchev–Trinajstić information content (AvgIpc) is 2.24. The molecule has 17 heavy (non-hydrogen) atoms. The minimum atomic E-state index is -0.352. The van der Waals surface area contributed by atoms with Gasteiger partial charge in [0.25, 0.3) is 0 Å². The number of nitrogens with two attached hydrogens (primary N) is 1. The first-order valence-electron chi connectivity index (χ1n) is 6.01. The smallest absolute Gasteiger partial charge is 0.224 e. The highest BCUT2D eigenvalue weighted by Crippen LogP contribution is 2.52. The molecule has 4 heteroatoms. The van der Waals surface area contributed by atoms with E-state index in [4.69, 9.17) is 5.73 Å². The molecule has 1 aliphatic carbocycles. The number of pyridine rings is 1. The maximum atomic E-state index is 11.7.